The Morgan fingerprint density at radius 3 is 2.93 bits per heavy atom. The zero-order valence-corrected chi connectivity index (χ0v) is 16.8. The van der Waals surface area contributed by atoms with E-state index in [-0.39, 0.29) is 12.0 Å². The fraction of sp³-hybridized carbons (Fsp3) is 0.273. The zero-order valence-electron chi connectivity index (χ0n) is 15.2. The Labute approximate surface area is 167 Å². The van der Waals surface area contributed by atoms with Crippen LogP contribution in [0.2, 0.25) is 0 Å². The fourth-order valence-electron chi connectivity index (χ4n) is 3.45. The lowest BCUT2D eigenvalue weighted by molar-refractivity contribution is 0.0859. The second kappa shape index (κ2) is 7.79. The van der Waals surface area contributed by atoms with Crippen molar-refractivity contribution >= 4 is 32.7 Å². The molecule has 0 spiro atoms. The molecule has 0 bridgehead atoms. The maximum atomic E-state index is 13.0. The number of aromatic nitrogens is 1. The summed E-state index contributed by atoms with van der Waals surface area (Å²) in [4.78, 5) is 17.8. The number of fused-ring (bicyclic) bond motifs is 1. The minimum Gasteiger partial charge on any atom is -0.376 e. The van der Waals surface area contributed by atoms with Crippen LogP contribution in [-0.4, -0.2) is 30.1 Å². The summed E-state index contributed by atoms with van der Waals surface area (Å²) in [6.45, 7) is 3.37. The molecule has 1 aromatic heterocycles. The highest BCUT2D eigenvalue weighted by atomic mass is 79.9. The molecular weight excluding hydrogens is 404 g/mol. The summed E-state index contributed by atoms with van der Waals surface area (Å²) in [5, 5.41) is 3.87. The molecule has 5 heteroatoms. The minimum atomic E-state index is -0.0927. The SMILES string of the molecule is Cc1cccc(-c2cc(C(=O)NC[C@H]3CCCO3)c3cc(Br)ccc3n2)c1. The maximum Gasteiger partial charge on any atom is 0.252 e. The van der Waals surface area contributed by atoms with Crippen molar-refractivity contribution in [1.82, 2.24) is 10.3 Å². The molecular formula is C22H21BrN2O2. The Kier molecular flexibility index (Phi) is 5.23. The van der Waals surface area contributed by atoms with Gasteiger partial charge in [0, 0.05) is 28.6 Å². The smallest absolute Gasteiger partial charge is 0.252 e. The van der Waals surface area contributed by atoms with Gasteiger partial charge in [-0.25, -0.2) is 4.98 Å². The predicted molar refractivity (Wildman–Crippen MR) is 111 cm³/mol. The third-order valence-corrected chi connectivity index (χ3v) is 5.34. The van der Waals surface area contributed by atoms with E-state index in [9.17, 15) is 4.79 Å². The monoisotopic (exact) mass is 424 g/mol. The molecule has 0 radical (unpaired) electrons. The van der Waals surface area contributed by atoms with Gasteiger partial charge in [0.2, 0.25) is 0 Å². The van der Waals surface area contributed by atoms with Crippen LogP contribution >= 0.6 is 15.9 Å². The summed E-state index contributed by atoms with van der Waals surface area (Å²) in [7, 11) is 0. The molecule has 1 aliphatic rings. The summed E-state index contributed by atoms with van der Waals surface area (Å²) in [6.07, 6.45) is 2.17. The molecule has 1 aliphatic heterocycles. The van der Waals surface area contributed by atoms with Crippen molar-refractivity contribution in [2.75, 3.05) is 13.2 Å². The number of hydrogen-bond donors (Lipinski definition) is 1. The second-order valence-electron chi connectivity index (χ2n) is 6.93. The van der Waals surface area contributed by atoms with Crippen LogP contribution in [0.15, 0.2) is 53.0 Å². The van der Waals surface area contributed by atoms with Crippen molar-refractivity contribution in [3.63, 3.8) is 0 Å². The first-order chi connectivity index (χ1) is 13.1. The Balaban J connectivity index is 1.74. The van der Waals surface area contributed by atoms with Crippen molar-refractivity contribution in [3.05, 3.63) is 64.1 Å². The molecule has 1 fully saturated rings. The van der Waals surface area contributed by atoms with Gasteiger partial charge in [0.15, 0.2) is 0 Å². The average molecular weight is 425 g/mol. The summed E-state index contributed by atoms with van der Waals surface area (Å²) >= 11 is 3.50. The largest absolute Gasteiger partial charge is 0.376 e. The number of nitrogens with one attached hydrogen (secondary N) is 1. The number of pyridine rings is 1. The van der Waals surface area contributed by atoms with Gasteiger partial charge in [-0.15, -0.1) is 0 Å². The summed E-state index contributed by atoms with van der Waals surface area (Å²) < 4.78 is 6.54. The summed E-state index contributed by atoms with van der Waals surface area (Å²) in [5.41, 5.74) is 4.41. The highest BCUT2D eigenvalue weighted by Crippen LogP contribution is 2.27. The molecule has 2 aromatic carbocycles. The lowest BCUT2D eigenvalue weighted by atomic mass is 10.0. The number of nitrogens with zero attached hydrogens (tertiary/aromatic N) is 1. The Bertz CT molecular complexity index is 997. The van der Waals surface area contributed by atoms with Crippen molar-refractivity contribution in [1.29, 1.82) is 0 Å². The first-order valence-corrected chi connectivity index (χ1v) is 9.96. The number of carbonyl (C=O) groups excluding carboxylic acids is 1. The lowest BCUT2D eigenvalue weighted by Crippen LogP contribution is -2.32. The first-order valence-electron chi connectivity index (χ1n) is 9.17. The fourth-order valence-corrected chi connectivity index (χ4v) is 3.81. The number of halogens is 1. The molecule has 0 saturated carbocycles. The molecule has 3 aromatic rings. The second-order valence-corrected chi connectivity index (χ2v) is 7.85. The molecule has 1 amide bonds. The van der Waals surface area contributed by atoms with E-state index < -0.39 is 0 Å². The van der Waals surface area contributed by atoms with E-state index >= 15 is 0 Å². The van der Waals surface area contributed by atoms with Crippen molar-refractivity contribution in [2.24, 2.45) is 0 Å². The van der Waals surface area contributed by atoms with Crippen molar-refractivity contribution in [3.8, 4) is 11.3 Å². The molecule has 1 N–H and O–H groups in total. The average Bonchev–Trinajstić information content (AvgIpc) is 3.19. The van der Waals surface area contributed by atoms with E-state index in [1.165, 1.54) is 0 Å². The van der Waals surface area contributed by atoms with Gasteiger partial charge in [0.25, 0.3) is 5.91 Å². The molecule has 0 unspecified atom stereocenters. The molecule has 1 atom stereocenters. The summed E-state index contributed by atoms with van der Waals surface area (Å²) in [6, 6.07) is 15.9. The van der Waals surface area contributed by atoms with Crippen molar-refractivity contribution < 1.29 is 9.53 Å². The van der Waals surface area contributed by atoms with Crippen LogP contribution < -0.4 is 5.32 Å². The van der Waals surface area contributed by atoms with Crippen LogP contribution in [0.1, 0.15) is 28.8 Å². The van der Waals surface area contributed by atoms with E-state index in [1.54, 1.807) is 0 Å². The summed E-state index contributed by atoms with van der Waals surface area (Å²) in [5.74, 6) is -0.0927. The Morgan fingerprint density at radius 2 is 2.15 bits per heavy atom. The third-order valence-electron chi connectivity index (χ3n) is 4.84. The number of rotatable bonds is 4. The number of carbonyl (C=O) groups is 1. The van der Waals surface area contributed by atoms with Gasteiger partial charge in [-0.05, 0) is 50.1 Å². The van der Waals surface area contributed by atoms with Gasteiger partial charge in [0.1, 0.15) is 0 Å². The molecule has 27 heavy (non-hydrogen) atoms. The zero-order chi connectivity index (χ0) is 18.8. The van der Waals surface area contributed by atoms with Gasteiger partial charge in [0.05, 0.1) is 22.9 Å². The molecule has 2 heterocycles. The number of ether oxygens (including phenoxy) is 1. The molecule has 4 nitrogen and oxygen atoms in total. The van der Waals surface area contributed by atoms with Gasteiger partial charge in [-0.2, -0.15) is 0 Å². The number of hydrogen-bond acceptors (Lipinski definition) is 3. The normalized spacial score (nSPS) is 16.6. The predicted octanol–water partition coefficient (Wildman–Crippen LogP) is 4.88. The Morgan fingerprint density at radius 1 is 1.26 bits per heavy atom. The lowest BCUT2D eigenvalue weighted by Gasteiger charge is -2.13. The van der Waals surface area contributed by atoms with E-state index in [2.05, 4.69) is 40.3 Å². The van der Waals surface area contributed by atoms with Crippen LogP contribution in [0.25, 0.3) is 22.2 Å². The van der Waals surface area contributed by atoms with Crippen molar-refractivity contribution in [2.45, 2.75) is 25.9 Å². The third kappa shape index (κ3) is 4.04. The van der Waals surface area contributed by atoms with Gasteiger partial charge in [-0.1, -0.05) is 39.7 Å². The molecule has 138 valence electrons. The highest BCUT2D eigenvalue weighted by Gasteiger charge is 2.19. The van der Waals surface area contributed by atoms with E-state index in [1.807, 2.05) is 36.4 Å². The van der Waals surface area contributed by atoms with Gasteiger partial charge < -0.3 is 10.1 Å². The molecule has 0 aliphatic carbocycles. The van der Waals surface area contributed by atoms with Crippen LogP contribution in [0.5, 0.6) is 0 Å². The van der Waals surface area contributed by atoms with Crippen LogP contribution in [0.4, 0.5) is 0 Å². The topological polar surface area (TPSA) is 51.2 Å². The van der Waals surface area contributed by atoms with Crippen LogP contribution in [0.3, 0.4) is 0 Å². The Hall–Kier alpha value is -2.24. The number of amides is 1. The highest BCUT2D eigenvalue weighted by molar-refractivity contribution is 9.10. The quantitative estimate of drug-likeness (QED) is 0.648. The first kappa shape index (κ1) is 18.1. The van der Waals surface area contributed by atoms with Crippen LogP contribution in [0, 0.1) is 6.92 Å². The number of benzene rings is 2. The van der Waals surface area contributed by atoms with E-state index in [4.69, 9.17) is 9.72 Å². The van der Waals surface area contributed by atoms with E-state index in [0.717, 1.165) is 51.6 Å². The van der Waals surface area contributed by atoms with E-state index in [0.29, 0.717) is 12.1 Å². The van der Waals surface area contributed by atoms with Crippen LogP contribution in [-0.2, 0) is 4.74 Å². The minimum absolute atomic E-state index is 0.0927. The standard InChI is InChI=1S/C22H21BrN2O2/c1-14-4-2-5-15(10-14)21-12-19(18-11-16(23)7-8-20(18)25-21)22(26)24-13-17-6-3-9-27-17/h2,4-5,7-8,10-12,17H,3,6,9,13H2,1H3,(H,24,26)/t17-/m1/s1. The number of aryl methyl sites for hydroxylation is 1. The maximum absolute atomic E-state index is 13.0. The van der Waals surface area contributed by atoms with Gasteiger partial charge in [-0.3, -0.25) is 4.79 Å². The van der Waals surface area contributed by atoms with Gasteiger partial charge >= 0.3 is 0 Å². The molecule has 1 saturated heterocycles. The molecule has 4 rings (SSSR count).